The fraction of sp³-hybridized carbons (Fsp3) is 0.222. The predicted octanol–water partition coefficient (Wildman–Crippen LogP) is -1.11. The monoisotopic (exact) mass is 209 g/mol. The lowest BCUT2D eigenvalue weighted by Crippen LogP contribution is -2.32. The number of aryl methyl sites for hydroxylation is 1. The van der Waals surface area contributed by atoms with Crippen molar-refractivity contribution in [3.63, 3.8) is 0 Å². The predicted molar refractivity (Wildman–Crippen MR) is 53.5 cm³/mol. The Bertz CT molecular complexity index is 502. The maximum absolute atomic E-state index is 11.5. The standard InChI is InChI=1S/C9H11N3O3/c1-4-5(7(10)13)3-12(2)9(15)6(4)8(11)14/h3H,1-2H3,(H2,10,13)(H2,11,14). The third-order valence-electron chi connectivity index (χ3n) is 2.15. The third-order valence-corrected chi connectivity index (χ3v) is 2.15. The van der Waals surface area contributed by atoms with Crippen LogP contribution in [0.1, 0.15) is 26.3 Å². The minimum absolute atomic E-state index is 0.117. The van der Waals surface area contributed by atoms with Crippen LogP contribution in [0.25, 0.3) is 0 Å². The fourth-order valence-electron chi connectivity index (χ4n) is 1.36. The molecule has 4 N–H and O–H groups in total. The quantitative estimate of drug-likeness (QED) is 0.644. The summed E-state index contributed by atoms with van der Waals surface area (Å²) in [5.41, 5.74) is 9.74. The van der Waals surface area contributed by atoms with E-state index in [1.807, 2.05) is 0 Å². The van der Waals surface area contributed by atoms with E-state index in [0.29, 0.717) is 0 Å². The molecular formula is C9H11N3O3. The van der Waals surface area contributed by atoms with E-state index in [1.54, 1.807) is 0 Å². The Hall–Kier alpha value is -2.11. The second-order valence-electron chi connectivity index (χ2n) is 3.19. The van der Waals surface area contributed by atoms with Gasteiger partial charge in [-0.15, -0.1) is 0 Å². The number of hydrogen-bond acceptors (Lipinski definition) is 3. The van der Waals surface area contributed by atoms with E-state index in [0.717, 1.165) is 4.57 Å². The molecule has 1 aromatic heterocycles. The lowest BCUT2D eigenvalue weighted by atomic mass is 10.0. The van der Waals surface area contributed by atoms with Gasteiger partial charge in [-0.05, 0) is 12.5 Å². The first-order chi connectivity index (χ1) is 6.86. The molecule has 0 saturated carbocycles. The topological polar surface area (TPSA) is 108 Å². The average Bonchev–Trinajstić information content (AvgIpc) is 2.10. The first kappa shape index (κ1) is 11.0. The molecule has 0 unspecified atom stereocenters. The summed E-state index contributed by atoms with van der Waals surface area (Å²) < 4.78 is 1.10. The minimum Gasteiger partial charge on any atom is -0.366 e. The van der Waals surface area contributed by atoms with E-state index in [1.165, 1.54) is 20.2 Å². The Balaban J connectivity index is 3.72. The molecule has 0 saturated heterocycles. The molecule has 6 nitrogen and oxygen atoms in total. The van der Waals surface area contributed by atoms with Crippen LogP contribution < -0.4 is 17.0 Å². The van der Waals surface area contributed by atoms with E-state index in [4.69, 9.17) is 11.5 Å². The van der Waals surface area contributed by atoms with Crippen molar-refractivity contribution in [3.05, 3.63) is 33.2 Å². The second-order valence-corrected chi connectivity index (χ2v) is 3.19. The number of hydrogen-bond donors (Lipinski definition) is 2. The van der Waals surface area contributed by atoms with Gasteiger partial charge in [-0.2, -0.15) is 0 Å². The zero-order valence-corrected chi connectivity index (χ0v) is 8.40. The Morgan fingerprint density at radius 3 is 2.20 bits per heavy atom. The first-order valence-corrected chi connectivity index (χ1v) is 4.16. The highest BCUT2D eigenvalue weighted by Crippen LogP contribution is 2.08. The summed E-state index contributed by atoms with van der Waals surface area (Å²) in [4.78, 5) is 33.6. The average molecular weight is 209 g/mol. The highest BCUT2D eigenvalue weighted by molar-refractivity contribution is 6.00. The molecule has 1 rings (SSSR count). The Labute approximate surface area is 85.5 Å². The number of aromatic nitrogens is 1. The normalized spacial score (nSPS) is 10.0. The number of pyridine rings is 1. The molecular weight excluding hydrogens is 198 g/mol. The van der Waals surface area contributed by atoms with Gasteiger partial charge in [0, 0.05) is 13.2 Å². The van der Waals surface area contributed by atoms with Gasteiger partial charge < -0.3 is 16.0 Å². The maximum Gasteiger partial charge on any atom is 0.263 e. The highest BCUT2D eigenvalue weighted by atomic mass is 16.2. The van der Waals surface area contributed by atoms with Crippen LogP contribution in [0.5, 0.6) is 0 Å². The summed E-state index contributed by atoms with van der Waals surface area (Å²) in [6, 6.07) is 0. The fourth-order valence-corrected chi connectivity index (χ4v) is 1.36. The van der Waals surface area contributed by atoms with Crippen LogP contribution >= 0.6 is 0 Å². The lowest BCUT2D eigenvalue weighted by Gasteiger charge is -2.08. The van der Waals surface area contributed by atoms with Crippen molar-refractivity contribution in [2.45, 2.75) is 6.92 Å². The van der Waals surface area contributed by atoms with Crippen LogP contribution in [-0.4, -0.2) is 16.4 Å². The molecule has 6 heteroatoms. The summed E-state index contributed by atoms with van der Waals surface area (Å²) in [7, 11) is 1.42. The first-order valence-electron chi connectivity index (χ1n) is 4.16. The molecule has 1 aromatic rings. The SMILES string of the molecule is Cc1c(C(N)=O)cn(C)c(=O)c1C(N)=O. The number of rotatable bonds is 2. The summed E-state index contributed by atoms with van der Waals surface area (Å²) in [5, 5.41) is 0. The van der Waals surface area contributed by atoms with E-state index >= 15 is 0 Å². The van der Waals surface area contributed by atoms with Gasteiger partial charge in [0.15, 0.2) is 0 Å². The van der Waals surface area contributed by atoms with Crippen LogP contribution in [0.3, 0.4) is 0 Å². The molecule has 0 aliphatic heterocycles. The van der Waals surface area contributed by atoms with Gasteiger partial charge in [0.05, 0.1) is 5.56 Å². The van der Waals surface area contributed by atoms with Crippen molar-refractivity contribution in [2.75, 3.05) is 0 Å². The number of carbonyl (C=O) groups is 2. The van der Waals surface area contributed by atoms with Gasteiger partial charge in [0.25, 0.3) is 11.5 Å². The zero-order chi connectivity index (χ0) is 11.7. The number of amides is 2. The van der Waals surface area contributed by atoms with Gasteiger partial charge >= 0.3 is 0 Å². The van der Waals surface area contributed by atoms with E-state index in [-0.39, 0.29) is 16.7 Å². The minimum atomic E-state index is -0.865. The highest BCUT2D eigenvalue weighted by Gasteiger charge is 2.17. The van der Waals surface area contributed by atoms with Crippen molar-refractivity contribution in [1.82, 2.24) is 4.57 Å². The summed E-state index contributed by atoms with van der Waals surface area (Å²) in [6.07, 6.45) is 1.28. The van der Waals surface area contributed by atoms with Gasteiger partial charge in [-0.1, -0.05) is 0 Å². The van der Waals surface area contributed by atoms with Crippen molar-refractivity contribution < 1.29 is 9.59 Å². The molecule has 0 aromatic carbocycles. The molecule has 0 fully saturated rings. The zero-order valence-electron chi connectivity index (χ0n) is 8.40. The molecule has 1 heterocycles. The molecule has 0 aliphatic carbocycles. The second kappa shape index (κ2) is 3.56. The Morgan fingerprint density at radius 2 is 1.80 bits per heavy atom. The number of primary amides is 2. The molecule has 2 amide bonds. The number of nitrogens with zero attached hydrogens (tertiary/aromatic N) is 1. The van der Waals surface area contributed by atoms with Crippen molar-refractivity contribution in [2.24, 2.45) is 18.5 Å². The maximum atomic E-state index is 11.5. The molecule has 15 heavy (non-hydrogen) atoms. The number of carbonyl (C=O) groups excluding carboxylic acids is 2. The Morgan fingerprint density at radius 1 is 1.27 bits per heavy atom. The summed E-state index contributed by atoms with van der Waals surface area (Å²) in [6.45, 7) is 1.46. The van der Waals surface area contributed by atoms with Crippen LogP contribution in [0.2, 0.25) is 0 Å². The van der Waals surface area contributed by atoms with E-state index in [2.05, 4.69) is 0 Å². The number of nitrogens with two attached hydrogens (primary N) is 2. The molecule has 0 spiro atoms. The van der Waals surface area contributed by atoms with Crippen LogP contribution in [0.4, 0.5) is 0 Å². The molecule has 80 valence electrons. The van der Waals surface area contributed by atoms with Crippen molar-refractivity contribution in [1.29, 1.82) is 0 Å². The van der Waals surface area contributed by atoms with Crippen molar-refractivity contribution >= 4 is 11.8 Å². The van der Waals surface area contributed by atoms with Gasteiger partial charge in [0.2, 0.25) is 5.91 Å². The summed E-state index contributed by atoms with van der Waals surface area (Å²) in [5.74, 6) is -1.57. The molecule has 0 bridgehead atoms. The van der Waals surface area contributed by atoms with Gasteiger partial charge in [-0.25, -0.2) is 0 Å². The Kier molecular flexibility index (Phi) is 2.61. The third kappa shape index (κ3) is 1.74. The van der Waals surface area contributed by atoms with Crippen LogP contribution in [0.15, 0.2) is 11.0 Å². The summed E-state index contributed by atoms with van der Waals surface area (Å²) >= 11 is 0. The largest absolute Gasteiger partial charge is 0.366 e. The van der Waals surface area contributed by atoms with E-state index in [9.17, 15) is 14.4 Å². The van der Waals surface area contributed by atoms with Crippen LogP contribution in [-0.2, 0) is 7.05 Å². The molecule has 0 atom stereocenters. The lowest BCUT2D eigenvalue weighted by molar-refractivity contribution is 0.0997. The van der Waals surface area contributed by atoms with Crippen LogP contribution in [0, 0.1) is 6.92 Å². The molecule has 0 radical (unpaired) electrons. The van der Waals surface area contributed by atoms with Gasteiger partial charge in [0.1, 0.15) is 5.56 Å². The van der Waals surface area contributed by atoms with E-state index < -0.39 is 17.4 Å². The molecule has 0 aliphatic rings. The van der Waals surface area contributed by atoms with Crippen molar-refractivity contribution in [3.8, 4) is 0 Å². The van der Waals surface area contributed by atoms with Gasteiger partial charge in [-0.3, -0.25) is 14.4 Å². The smallest absolute Gasteiger partial charge is 0.263 e.